The van der Waals surface area contributed by atoms with Crippen molar-refractivity contribution in [1.82, 2.24) is 19.8 Å². The third kappa shape index (κ3) is 3.39. The lowest BCUT2D eigenvalue weighted by molar-refractivity contribution is -0.150. The zero-order valence-corrected chi connectivity index (χ0v) is 16.9. The smallest absolute Gasteiger partial charge is 0.346 e. The molecule has 1 unspecified atom stereocenters. The number of H-pyrrole nitrogens is 1. The fraction of sp³-hybridized carbons (Fsp3) is 0.545. The number of cyclic esters (lactones) is 1. The summed E-state index contributed by atoms with van der Waals surface area (Å²) in [4.78, 5) is 48.4. The largest absolute Gasteiger partial charge is 0.461 e. The van der Waals surface area contributed by atoms with Crippen molar-refractivity contribution in [2.75, 3.05) is 32.7 Å². The van der Waals surface area contributed by atoms with E-state index in [-0.39, 0.29) is 23.7 Å². The summed E-state index contributed by atoms with van der Waals surface area (Å²) in [6.07, 6.45) is 4.30. The lowest BCUT2D eigenvalue weighted by atomic mass is 9.76. The number of nitrogens with zero attached hydrogens (tertiary/aromatic N) is 3. The molecule has 5 rings (SSSR count). The van der Waals surface area contributed by atoms with Crippen LogP contribution in [0.4, 0.5) is 0 Å². The van der Waals surface area contributed by atoms with Crippen LogP contribution in [0.5, 0.6) is 0 Å². The Bertz CT molecular complexity index is 1030. The second-order valence-electron chi connectivity index (χ2n) is 8.75. The van der Waals surface area contributed by atoms with Gasteiger partial charge < -0.3 is 14.6 Å². The number of carbonyl (C=O) groups is 2. The number of piperidine rings is 1. The molecule has 0 saturated carbocycles. The highest BCUT2D eigenvalue weighted by molar-refractivity contribution is 6.04. The molecule has 1 N–H and O–H groups in total. The molecule has 0 aliphatic carbocycles. The first-order chi connectivity index (χ1) is 14.5. The van der Waals surface area contributed by atoms with Gasteiger partial charge >= 0.3 is 11.7 Å². The first kappa shape index (κ1) is 19.2. The SMILES string of the molecule is O=C(c1nc(=O)[nH]c2ccccc12)N1CCC2(CC1)CC(CN1CCCC1)OC2=O. The van der Waals surface area contributed by atoms with Crippen LogP contribution < -0.4 is 5.69 Å². The zero-order valence-electron chi connectivity index (χ0n) is 16.9. The Balaban J connectivity index is 1.29. The van der Waals surface area contributed by atoms with E-state index in [1.54, 1.807) is 23.1 Å². The molecule has 4 heterocycles. The molecule has 8 heteroatoms. The van der Waals surface area contributed by atoms with Gasteiger partial charge in [0.1, 0.15) is 11.8 Å². The van der Waals surface area contributed by atoms with Crippen LogP contribution in [-0.4, -0.2) is 70.5 Å². The first-order valence-corrected chi connectivity index (χ1v) is 10.8. The van der Waals surface area contributed by atoms with E-state index in [2.05, 4.69) is 14.9 Å². The van der Waals surface area contributed by atoms with E-state index in [4.69, 9.17) is 4.74 Å². The number of aromatic nitrogens is 2. The number of para-hydroxylation sites is 1. The van der Waals surface area contributed by atoms with Gasteiger partial charge in [0, 0.05) is 31.4 Å². The summed E-state index contributed by atoms with van der Waals surface area (Å²) in [6, 6.07) is 7.17. The Kier molecular flexibility index (Phi) is 4.81. The van der Waals surface area contributed by atoms with Crippen molar-refractivity contribution in [2.45, 2.75) is 38.2 Å². The summed E-state index contributed by atoms with van der Waals surface area (Å²) >= 11 is 0. The van der Waals surface area contributed by atoms with Gasteiger partial charge in [0.05, 0.1) is 10.9 Å². The molecule has 30 heavy (non-hydrogen) atoms. The van der Waals surface area contributed by atoms with Crippen molar-refractivity contribution in [3.8, 4) is 0 Å². The maximum Gasteiger partial charge on any atom is 0.346 e. The van der Waals surface area contributed by atoms with Gasteiger partial charge in [-0.2, -0.15) is 4.98 Å². The van der Waals surface area contributed by atoms with Crippen molar-refractivity contribution in [3.05, 3.63) is 40.4 Å². The van der Waals surface area contributed by atoms with E-state index in [0.717, 1.165) is 26.1 Å². The number of benzene rings is 1. The summed E-state index contributed by atoms with van der Waals surface area (Å²) < 4.78 is 5.73. The number of amides is 1. The van der Waals surface area contributed by atoms with Gasteiger partial charge in [-0.3, -0.25) is 14.5 Å². The van der Waals surface area contributed by atoms with Crippen molar-refractivity contribution >= 4 is 22.8 Å². The maximum absolute atomic E-state index is 13.1. The zero-order chi connectivity index (χ0) is 20.7. The van der Waals surface area contributed by atoms with E-state index < -0.39 is 11.1 Å². The molecule has 3 aliphatic heterocycles. The highest BCUT2D eigenvalue weighted by Gasteiger charge is 2.51. The molecule has 1 amide bonds. The molecule has 1 aromatic carbocycles. The van der Waals surface area contributed by atoms with Gasteiger partial charge in [0.2, 0.25) is 0 Å². The molecule has 0 radical (unpaired) electrons. The number of hydrogen-bond acceptors (Lipinski definition) is 6. The van der Waals surface area contributed by atoms with E-state index in [9.17, 15) is 14.4 Å². The second-order valence-corrected chi connectivity index (χ2v) is 8.75. The highest BCUT2D eigenvalue weighted by atomic mass is 16.6. The summed E-state index contributed by atoms with van der Waals surface area (Å²) in [5.41, 5.74) is -0.246. The minimum Gasteiger partial charge on any atom is -0.461 e. The summed E-state index contributed by atoms with van der Waals surface area (Å²) in [5, 5.41) is 0.633. The van der Waals surface area contributed by atoms with Crippen molar-refractivity contribution in [2.24, 2.45) is 5.41 Å². The van der Waals surface area contributed by atoms with Gasteiger partial charge in [0.25, 0.3) is 5.91 Å². The normalized spacial score (nSPS) is 23.9. The van der Waals surface area contributed by atoms with Gasteiger partial charge in [0.15, 0.2) is 0 Å². The minimum absolute atomic E-state index is 0.0452. The standard InChI is InChI=1S/C22H26N4O4/c27-19(18-16-5-1-2-6-17(16)23-21(29)24-18)26-11-7-22(8-12-26)13-15(30-20(22)28)14-25-9-3-4-10-25/h1-2,5-6,15H,3-4,7-14H2,(H,23,24,29). The van der Waals surface area contributed by atoms with Crippen molar-refractivity contribution < 1.29 is 14.3 Å². The number of fused-ring (bicyclic) bond motifs is 1. The first-order valence-electron chi connectivity index (χ1n) is 10.8. The Morgan fingerprint density at radius 3 is 2.63 bits per heavy atom. The predicted molar refractivity (Wildman–Crippen MR) is 110 cm³/mol. The van der Waals surface area contributed by atoms with E-state index in [1.807, 2.05) is 6.07 Å². The van der Waals surface area contributed by atoms with Crippen LogP contribution in [0.15, 0.2) is 29.1 Å². The Labute approximate surface area is 174 Å². The Hall–Kier alpha value is -2.74. The van der Waals surface area contributed by atoms with E-state index in [1.165, 1.54) is 12.8 Å². The number of ether oxygens (including phenoxy) is 1. The van der Waals surface area contributed by atoms with Gasteiger partial charge in [-0.05, 0) is 44.8 Å². The van der Waals surface area contributed by atoms with Crippen LogP contribution in [0.2, 0.25) is 0 Å². The number of aromatic amines is 1. The van der Waals surface area contributed by atoms with Crippen LogP contribution in [-0.2, 0) is 9.53 Å². The molecule has 158 valence electrons. The second kappa shape index (κ2) is 7.50. The number of nitrogens with one attached hydrogen (secondary N) is 1. The monoisotopic (exact) mass is 410 g/mol. The lowest BCUT2D eigenvalue weighted by Crippen LogP contribution is -2.45. The molecule has 1 atom stereocenters. The third-order valence-corrected chi connectivity index (χ3v) is 6.83. The Morgan fingerprint density at radius 1 is 1.13 bits per heavy atom. The van der Waals surface area contributed by atoms with Gasteiger partial charge in [-0.25, -0.2) is 4.79 Å². The third-order valence-electron chi connectivity index (χ3n) is 6.83. The summed E-state index contributed by atoms with van der Waals surface area (Å²) in [7, 11) is 0. The highest BCUT2D eigenvalue weighted by Crippen LogP contribution is 2.43. The molecule has 0 bridgehead atoms. The van der Waals surface area contributed by atoms with Gasteiger partial charge in [-0.15, -0.1) is 0 Å². The van der Waals surface area contributed by atoms with Crippen LogP contribution in [0, 0.1) is 5.41 Å². The average Bonchev–Trinajstić information content (AvgIpc) is 3.36. The van der Waals surface area contributed by atoms with Gasteiger partial charge in [-0.1, -0.05) is 18.2 Å². The summed E-state index contributed by atoms with van der Waals surface area (Å²) in [5.74, 6) is -0.370. The molecular weight excluding hydrogens is 384 g/mol. The van der Waals surface area contributed by atoms with E-state index in [0.29, 0.717) is 36.8 Å². The number of rotatable bonds is 3. The quantitative estimate of drug-likeness (QED) is 0.772. The molecule has 8 nitrogen and oxygen atoms in total. The molecule has 3 saturated heterocycles. The van der Waals surface area contributed by atoms with E-state index >= 15 is 0 Å². The van der Waals surface area contributed by atoms with Crippen molar-refractivity contribution in [1.29, 1.82) is 0 Å². The number of likely N-dealkylation sites (tertiary alicyclic amines) is 2. The molecule has 3 fully saturated rings. The number of carbonyl (C=O) groups excluding carboxylic acids is 2. The molecule has 3 aliphatic rings. The van der Waals surface area contributed by atoms with Crippen LogP contribution in [0.25, 0.3) is 10.9 Å². The topological polar surface area (TPSA) is 95.6 Å². The number of esters is 1. The number of hydrogen-bond donors (Lipinski definition) is 1. The van der Waals surface area contributed by atoms with Crippen molar-refractivity contribution in [3.63, 3.8) is 0 Å². The summed E-state index contributed by atoms with van der Waals surface area (Å²) in [6.45, 7) is 3.92. The maximum atomic E-state index is 13.1. The molecular formula is C22H26N4O4. The lowest BCUT2D eigenvalue weighted by Gasteiger charge is -2.36. The average molecular weight is 410 g/mol. The minimum atomic E-state index is -0.533. The fourth-order valence-electron chi connectivity index (χ4n) is 5.15. The fourth-order valence-corrected chi connectivity index (χ4v) is 5.15. The van der Waals surface area contributed by atoms with Crippen LogP contribution >= 0.6 is 0 Å². The predicted octanol–water partition coefficient (Wildman–Crippen LogP) is 1.56. The van der Waals surface area contributed by atoms with Crippen LogP contribution in [0.1, 0.15) is 42.6 Å². The molecule has 1 aromatic heterocycles. The molecule has 1 spiro atoms. The molecule has 2 aromatic rings. The Morgan fingerprint density at radius 2 is 1.87 bits per heavy atom. The van der Waals surface area contributed by atoms with Crippen LogP contribution in [0.3, 0.4) is 0 Å².